The Hall–Kier alpha value is -2.06. The van der Waals surface area contributed by atoms with E-state index in [1.54, 1.807) is 16.8 Å². The number of aryl methyl sites for hydroxylation is 1. The molecule has 4 rings (SSSR count). The molecule has 0 unspecified atom stereocenters. The molecule has 0 saturated heterocycles. The zero-order valence-corrected chi connectivity index (χ0v) is 19.1. The molecule has 1 amide bonds. The molecule has 1 aromatic carbocycles. The van der Waals surface area contributed by atoms with Gasteiger partial charge in [-0.25, -0.2) is 9.07 Å². The Morgan fingerprint density at radius 3 is 2.80 bits per heavy atom. The maximum absolute atomic E-state index is 13.1. The van der Waals surface area contributed by atoms with E-state index in [1.807, 2.05) is 0 Å². The maximum Gasteiger partial charge on any atom is 0.235 e. The van der Waals surface area contributed by atoms with Gasteiger partial charge in [0.25, 0.3) is 0 Å². The standard InChI is InChI=1S/C20H17FN4OS4/c21-12-6-8-13(9-7-12)25-20(27)30-19(24-25)28-11-17(26)23-18-15(10-22)14-4-2-1-3-5-16(14)29-18/h6-9H,1-5,11H2,(H,23,26). The van der Waals surface area contributed by atoms with E-state index in [9.17, 15) is 14.4 Å². The molecule has 2 aromatic heterocycles. The molecule has 0 spiro atoms. The summed E-state index contributed by atoms with van der Waals surface area (Å²) in [5, 5.41) is 17.6. The molecule has 0 saturated carbocycles. The largest absolute Gasteiger partial charge is 0.316 e. The highest BCUT2D eigenvalue weighted by molar-refractivity contribution is 8.01. The molecule has 0 radical (unpaired) electrons. The van der Waals surface area contributed by atoms with Crippen LogP contribution in [0.3, 0.4) is 0 Å². The van der Waals surface area contributed by atoms with Crippen LogP contribution in [0.15, 0.2) is 28.6 Å². The summed E-state index contributed by atoms with van der Waals surface area (Å²) in [7, 11) is 0. The van der Waals surface area contributed by atoms with Crippen molar-refractivity contribution in [3.05, 3.63) is 50.0 Å². The van der Waals surface area contributed by atoms with Crippen molar-refractivity contribution in [2.24, 2.45) is 0 Å². The molecule has 0 aliphatic heterocycles. The molecule has 154 valence electrons. The minimum Gasteiger partial charge on any atom is -0.316 e. The van der Waals surface area contributed by atoms with Crippen molar-refractivity contribution in [3.8, 4) is 11.8 Å². The summed E-state index contributed by atoms with van der Waals surface area (Å²) < 4.78 is 15.9. The number of nitrogens with zero attached hydrogens (tertiary/aromatic N) is 3. The van der Waals surface area contributed by atoms with Gasteiger partial charge in [0, 0.05) is 4.88 Å². The van der Waals surface area contributed by atoms with E-state index in [1.165, 1.54) is 57.9 Å². The van der Waals surface area contributed by atoms with E-state index in [4.69, 9.17) is 12.2 Å². The molecule has 5 nitrogen and oxygen atoms in total. The Kier molecular flexibility index (Phi) is 6.63. The van der Waals surface area contributed by atoms with Gasteiger partial charge in [0.2, 0.25) is 5.91 Å². The van der Waals surface area contributed by atoms with Crippen LogP contribution in [-0.4, -0.2) is 21.4 Å². The number of hydrogen-bond acceptors (Lipinski definition) is 7. The van der Waals surface area contributed by atoms with Crippen LogP contribution in [-0.2, 0) is 17.6 Å². The Morgan fingerprint density at radius 1 is 1.27 bits per heavy atom. The molecule has 1 N–H and O–H groups in total. The van der Waals surface area contributed by atoms with Gasteiger partial charge in [-0.2, -0.15) is 5.26 Å². The molecule has 1 aliphatic carbocycles. The quantitative estimate of drug-likeness (QED) is 0.289. The first-order valence-corrected chi connectivity index (χ1v) is 12.4. The van der Waals surface area contributed by atoms with Crippen molar-refractivity contribution >= 4 is 57.6 Å². The molecule has 1 aliphatic rings. The Bertz CT molecular complexity index is 1170. The van der Waals surface area contributed by atoms with Crippen molar-refractivity contribution in [2.75, 3.05) is 11.1 Å². The highest BCUT2D eigenvalue weighted by Gasteiger charge is 2.21. The van der Waals surface area contributed by atoms with Crippen molar-refractivity contribution in [2.45, 2.75) is 36.4 Å². The number of benzene rings is 1. The number of thiophene rings is 1. The van der Waals surface area contributed by atoms with E-state index in [-0.39, 0.29) is 17.5 Å². The minimum atomic E-state index is -0.325. The highest BCUT2D eigenvalue weighted by Crippen LogP contribution is 2.37. The average Bonchev–Trinajstić information content (AvgIpc) is 3.17. The van der Waals surface area contributed by atoms with Crippen LogP contribution in [0.5, 0.6) is 0 Å². The average molecular weight is 477 g/mol. The molecule has 3 aromatic rings. The topological polar surface area (TPSA) is 70.7 Å². The second-order valence-corrected chi connectivity index (χ2v) is 10.7. The highest BCUT2D eigenvalue weighted by atomic mass is 32.2. The lowest BCUT2D eigenvalue weighted by Crippen LogP contribution is -2.14. The number of carbonyl (C=O) groups is 1. The smallest absolute Gasteiger partial charge is 0.235 e. The third-order valence-electron chi connectivity index (χ3n) is 4.71. The fourth-order valence-corrected chi connectivity index (χ4v) is 6.72. The van der Waals surface area contributed by atoms with E-state index in [2.05, 4.69) is 16.5 Å². The second-order valence-electron chi connectivity index (χ2n) is 6.74. The van der Waals surface area contributed by atoms with Gasteiger partial charge in [-0.15, -0.1) is 16.4 Å². The zero-order chi connectivity index (χ0) is 21.1. The normalized spacial score (nSPS) is 13.3. The van der Waals surface area contributed by atoms with Gasteiger partial charge in [-0.1, -0.05) is 29.5 Å². The number of thioether (sulfide) groups is 1. The molecule has 10 heteroatoms. The molecule has 0 fully saturated rings. The summed E-state index contributed by atoms with van der Waals surface area (Å²) in [5.41, 5.74) is 2.40. The summed E-state index contributed by atoms with van der Waals surface area (Å²) in [5.74, 6) is -0.337. The fraction of sp³-hybridized carbons (Fsp3) is 0.300. The lowest BCUT2D eigenvalue weighted by atomic mass is 10.1. The lowest BCUT2D eigenvalue weighted by Gasteiger charge is -2.03. The van der Waals surface area contributed by atoms with Gasteiger partial charge in [-0.3, -0.25) is 4.79 Å². The molecule has 2 heterocycles. The first-order valence-electron chi connectivity index (χ1n) is 9.38. The minimum absolute atomic E-state index is 0.166. The van der Waals surface area contributed by atoms with Gasteiger partial charge in [-0.05, 0) is 67.7 Å². The van der Waals surface area contributed by atoms with Crippen LogP contribution >= 0.6 is 46.7 Å². The lowest BCUT2D eigenvalue weighted by molar-refractivity contribution is -0.113. The van der Waals surface area contributed by atoms with Crippen LogP contribution in [0.1, 0.15) is 35.3 Å². The van der Waals surface area contributed by atoms with Crippen molar-refractivity contribution in [3.63, 3.8) is 0 Å². The molecular weight excluding hydrogens is 460 g/mol. The predicted octanol–water partition coefficient (Wildman–Crippen LogP) is 5.74. The monoisotopic (exact) mass is 476 g/mol. The first-order chi connectivity index (χ1) is 14.5. The van der Waals surface area contributed by atoms with Crippen LogP contribution in [0.4, 0.5) is 9.39 Å². The predicted molar refractivity (Wildman–Crippen MR) is 122 cm³/mol. The molecule has 0 atom stereocenters. The van der Waals surface area contributed by atoms with E-state index >= 15 is 0 Å². The maximum atomic E-state index is 13.1. The van der Waals surface area contributed by atoms with Gasteiger partial charge in [0.15, 0.2) is 8.29 Å². The van der Waals surface area contributed by atoms with Crippen LogP contribution in [0, 0.1) is 21.1 Å². The summed E-state index contributed by atoms with van der Waals surface area (Å²) in [6.45, 7) is 0. The Balaban J connectivity index is 1.43. The van der Waals surface area contributed by atoms with E-state index in [0.717, 1.165) is 31.2 Å². The summed E-state index contributed by atoms with van der Waals surface area (Å²) >= 11 is 9.46. The van der Waals surface area contributed by atoms with E-state index in [0.29, 0.717) is 24.5 Å². The summed E-state index contributed by atoms with van der Waals surface area (Å²) in [4.78, 5) is 13.7. The second kappa shape index (κ2) is 9.39. The Morgan fingerprint density at radius 2 is 2.03 bits per heavy atom. The van der Waals surface area contributed by atoms with Gasteiger partial charge in [0.05, 0.1) is 17.0 Å². The number of hydrogen-bond donors (Lipinski definition) is 1. The number of aromatic nitrogens is 2. The number of fused-ring (bicyclic) bond motifs is 1. The van der Waals surface area contributed by atoms with E-state index < -0.39 is 0 Å². The number of rotatable bonds is 5. The van der Waals surface area contributed by atoms with Crippen LogP contribution in [0.25, 0.3) is 5.69 Å². The number of anilines is 1. The van der Waals surface area contributed by atoms with Gasteiger partial charge < -0.3 is 5.32 Å². The van der Waals surface area contributed by atoms with Crippen molar-refractivity contribution < 1.29 is 9.18 Å². The fourth-order valence-electron chi connectivity index (χ4n) is 3.30. The van der Waals surface area contributed by atoms with Crippen LogP contribution < -0.4 is 5.32 Å². The summed E-state index contributed by atoms with van der Waals surface area (Å²) in [6, 6.07) is 8.20. The Labute approximate surface area is 190 Å². The van der Waals surface area contributed by atoms with Crippen molar-refractivity contribution in [1.82, 2.24) is 9.78 Å². The number of carbonyl (C=O) groups excluding carboxylic acids is 1. The van der Waals surface area contributed by atoms with Crippen molar-refractivity contribution in [1.29, 1.82) is 5.26 Å². The number of amides is 1. The number of nitriles is 1. The third-order valence-corrected chi connectivity index (χ3v) is 8.29. The third kappa shape index (κ3) is 4.64. The van der Waals surface area contributed by atoms with Crippen LogP contribution in [0.2, 0.25) is 0 Å². The zero-order valence-electron chi connectivity index (χ0n) is 15.8. The molecule has 0 bridgehead atoms. The number of nitrogens with one attached hydrogen (secondary N) is 1. The summed E-state index contributed by atoms with van der Waals surface area (Å²) in [6.07, 6.45) is 5.28. The SMILES string of the molecule is N#Cc1c(NC(=O)CSc2nn(-c3ccc(F)cc3)c(=S)s2)sc2c1CCCCC2. The van der Waals surface area contributed by atoms with Gasteiger partial charge >= 0.3 is 0 Å². The molecular formula is C20H17FN4OS4. The number of halogens is 1. The molecule has 30 heavy (non-hydrogen) atoms. The first kappa shape index (κ1) is 21.2. The van der Waals surface area contributed by atoms with Gasteiger partial charge in [0.1, 0.15) is 16.9 Å².